The first-order valence-electron chi connectivity index (χ1n) is 7.17. The van der Waals surface area contributed by atoms with Crippen molar-refractivity contribution >= 4 is 11.7 Å². The number of aromatic nitrogens is 1. The van der Waals surface area contributed by atoms with E-state index in [0.29, 0.717) is 23.3 Å². The van der Waals surface area contributed by atoms with Crippen LogP contribution in [0.2, 0.25) is 0 Å². The molecule has 0 saturated heterocycles. The van der Waals surface area contributed by atoms with Crippen LogP contribution in [0.3, 0.4) is 0 Å². The molecule has 3 rings (SSSR count). The van der Waals surface area contributed by atoms with Crippen LogP contribution in [0.1, 0.15) is 31.4 Å². The lowest BCUT2D eigenvalue weighted by Crippen LogP contribution is -2.16. The summed E-state index contributed by atoms with van der Waals surface area (Å²) in [5, 5.41) is 11.6. The number of fused-ring (bicyclic) bond motifs is 1. The maximum Gasteiger partial charge on any atom is 0.229 e. The molecular formula is C16H18N2O2. The molecule has 0 radical (unpaired) electrons. The van der Waals surface area contributed by atoms with Crippen LogP contribution in [-0.4, -0.2) is 22.6 Å². The average molecular weight is 270 g/mol. The largest absolute Gasteiger partial charge is 0.384 e. The van der Waals surface area contributed by atoms with Crippen molar-refractivity contribution in [3.05, 3.63) is 23.9 Å². The highest BCUT2D eigenvalue weighted by Crippen LogP contribution is 2.55. The number of hydrogen-bond donors (Lipinski definition) is 2. The lowest BCUT2D eigenvalue weighted by Gasteiger charge is -2.04. The maximum atomic E-state index is 12.2. The Morgan fingerprint density at radius 1 is 1.35 bits per heavy atom. The van der Waals surface area contributed by atoms with E-state index in [1.54, 1.807) is 12.1 Å². The number of anilines is 1. The van der Waals surface area contributed by atoms with Crippen LogP contribution >= 0.6 is 0 Å². The summed E-state index contributed by atoms with van der Waals surface area (Å²) < 4.78 is 0. The summed E-state index contributed by atoms with van der Waals surface area (Å²) in [6.45, 7) is -0.191. The molecule has 20 heavy (non-hydrogen) atoms. The predicted molar refractivity (Wildman–Crippen MR) is 75.8 cm³/mol. The number of amides is 1. The normalized spacial score (nSPS) is 26.9. The minimum Gasteiger partial charge on any atom is -0.384 e. The number of hydrogen-bond acceptors (Lipinski definition) is 3. The second-order valence-corrected chi connectivity index (χ2v) is 5.50. The van der Waals surface area contributed by atoms with Crippen molar-refractivity contribution in [2.75, 3.05) is 11.9 Å². The zero-order valence-electron chi connectivity index (χ0n) is 11.3. The zero-order chi connectivity index (χ0) is 13.9. The van der Waals surface area contributed by atoms with Gasteiger partial charge in [0.05, 0.1) is 0 Å². The van der Waals surface area contributed by atoms with Gasteiger partial charge in [0.2, 0.25) is 5.91 Å². The molecule has 1 aromatic heterocycles. The Balaban J connectivity index is 1.64. The smallest absolute Gasteiger partial charge is 0.229 e. The van der Waals surface area contributed by atoms with E-state index in [9.17, 15) is 4.79 Å². The molecule has 2 N–H and O–H groups in total. The van der Waals surface area contributed by atoms with E-state index in [1.807, 2.05) is 6.07 Å². The zero-order valence-corrected chi connectivity index (χ0v) is 11.3. The predicted octanol–water partition coefficient (Wildman–Crippen LogP) is 1.80. The summed E-state index contributed by atoms with van der Waals surface area (Å²) in [7, 11) is 0. The Morgan fingerprint density at radius 3 is 2.80 bits per heavy atom. The van der Waals surface area contributed by atoms with Gasteiger partial charge < -0.3 is 10.4 Å². The van der Waals surface area contributed by atoms with Gasteiger partial charge in [-0.1, -0.05) is 24.8 Å². The van der Waals surface area contributed by atoms with Gasteiger partial charge in [-0.15, -0.1) is 0 Å². The van der Waals surface area contributed by atoms with Crippen molar-refractivity contribution in [2.24, 2.45) is 17.8 Å². The Labute approximate surface area is 118 Å². The maximum absolute atomic E-state index is 12.2. The number of aliphatic hydroxyl groups excluding tert-OH is 1. The average Bonchev–Trinajstić information content (AvgIpc) is 3.20. The molecule has 2 saturated carbocycles. The molecule has 4 heteroatoms. The third-order valence-corrected chi connectivity index (χ3v) is 4.26. The van der Waals surface area contributed by atoms with E-state index in [2.05, 4.69) is 22.1 Å². The lowest BCUT2D eigenvalue weighted by atomic mass is 10.0. The molecule has 1 aromatic rings. The molecule has 2 unspecified atom stereocenters. The third kappa shape index (κ3) is 2.68. The van der Waals surface area contributed by atoms with E-state index in [0.717, 1.165) is 0 Å². The van der Waals surface area contributed by atoms with Gasteiger partial charge in [-0.2, -0.15) is 0 Å². The van der Waals surface area contributed by atoms with Gasteiger partial charge in [-0.25, -0.2) is 4.98 Å². The van der Waals surface area contributed by atoms with E-state index in [-0.39, 0.29) is 18.4 Å². The molecule has 0 spiro atoms. The molecule has 2 aliphatic carbocycles. The van der Waals surface area contributed by atoms with Gasteiger partial charge in [-0.05, 0) is 42.7 Å². The van der Waals surface area contributed by atoms with E-state index in [4.69, 9.17) is 5.11 Å². The molecule has 0 aliphatic heterocycles. The highest BCUT2D eigenvalue weighted by atomic mass is 16.2. The van der Waals surface area contributed by atoms with E-state index in [1.165, 1.54) is 25.7 Å². The minimum atomic E-state index is -0.191. The number of rotatable bonds is 2. The molecule has 2 fully saturated rings. The fourth-order valence-electron chi connectivity index (χ4n) is 3.29. The summed E-state index contributed by atoms with van der Waals surface area (Å²) in [6.07, 6.45) is 4.90. The molecule has 0 aromatic carbocycles. The van der Waals surface area contributed by atoms with Crippen molar-refractivity contribution in [1.82, 2.24) is 4.98 Å². The molecule has 0 bridgehead atoms. The van der Waals surface area contributed by atoms with Gasteiger partial charge in [0.15, 0.2) is 0 Å². The number of nitrogens with zero attached hydrogens (tertiary/aromatic N) is 1. The van der Waals surface area contributed by atoms with Crippen LogP contribution in [0.4, 0.5) is 5.82 Å². The quantitative estimate of drug-likeness (QED) is 0.806. The number of aliphatic hydroxyl groups is 1. The van der Waals surface area contributed by atoms with Gasteiger partial charge in [0.1, 0.15) is 18.1 Å². The molecular weight excluding hydrogens is 252 g/mol. The van der Waals surface area contributed by atoms with E-state index >= 15 is 0 Å². The summed E-state index contributed by atoms with van der Waals surface area (Å²) in [4.78, 5) is 16.5. The first-order valence-corrected chi connectivity index (χ1v) is 7.17. The highest BCUT2D eigenvalue weighted by molar-refractivity contribution is 5.94. The number of nitrogens with one attached hydrogen (secondary N) is 1. The second-order valence-electron chi connectivity index (χ2n) is 5.50. The monoisotopic (exact) mass is 270 g/mol. The summed E-state index contributed by atoms with van der Waals surface area (Å²) >= 11 is 0. The van der Waals surface area contributed by atoms with Gasteiger partial charge >= 0.3 is 0 Å². The number of carbonyl (C=O) groups excluding carboxylic acids is 1. The third-order valence-electron chi connectivity index (χ3n) is 4.26. The molecule has 2 aliphatic rings. The molecule has 104 valence electrons. The molecule has 2 atom stereocenters. The van der Waals surface area contributed by atoms with Crippen molar-refractivity contribution in [1.29, 1.82) is 0 Å². The first kappa shape index (κ1) is 13.1. The van der Waals surface area contributed by atoms with Crippen LogP contribution in [0, 0.1) is 29.6 Å². The fraction of sp³-hybridized carbons (Fsp3) is 0.500. The van der Waals surface area contributed by atoms with Crippen molar-refractivity contribution in [3.8, 4) is 11.8 Å². The second kappa shape index (κ2) is 5.64. The van der Waals surface area contributed by atoms with Crippen LogP contribution in [0.15, 0.2) is 18.2 Å². The van der Waals surface area contributed by atoms with Gasteiger partial charge in [-0.3, -0.25) is 4.79 Å². The van der Waals surface area contributed by atoms with E-state index < -0.39 is 0 Å². The summed E-state index contributed by atoms with van der Waals surface area (Å²) in [6, 6.07) is 5.34. The van der Waals surface area contributed by atoms with Crippen molar-refractivity contribution in [3.63, 3.8) is 0 Å². The molecule has 1 amide bonds. The van der Waals surface area contributed by atoms with Crippen molar-refractivity contribution in [2.45, 2.75) is 25.7 Å². The first-order chi connectivity index (χ1) is 9.79. The van der Waals surface area contributed by atoms with Gasteiger partial charge in [0, 0.05) is 5.92 Å². The Hall–Kier alpha value is -1.86. The van der Waals surface area contributed by atoms with Crippen LogP contribution in [-0.2, 0) is 4.79 Å². The Kier molecular flexibility index (Phi) is 3.70. The lowest BCUT2D eigenvalue weighted by molar-refractivity contribution is -0.117. The van der Waals surface area contributed by atoms with Gasteiger partial charge in [0.25, 0.3) is 0 Å². The summed E-state index contributed by atoms with van der Waals surface area (Å²) in [5.41, 5.74) is 0.560. The van der Waals surface area contributed by atoms with Crippen LogP contribution < -0.4 is 5.32 Å². The highest BCUT2D eigenvalue weighted by Gasteiger charge is 2.54. The number of pyridine rings is 1. The summed E-state index contributed by atoms with van der Waals surface area (Å²) in [5.74, 6) is 7.32. The van der Waals surface area contributed by atoms with Crippen molar-refractivity contribution < 1.29 is 9.90 Å². The fourth-order valence-corrected chi connectivity index (χ4v) is 3.29. The number of carbonyl (C=O) groups is 1. The molecule has 1 heterocycles. The van der Waals surface area contributed by atoms with Crippen LogP contribution in [0.25, 0.3) is 0 Å². The minimum absolute atomic E-state index is 0.0988. The molecule has 4 nitrogen and oxygen atoms in total. The topological polar surface area (TPSA) is 62.2 Å². The standard InChI is InChI=1S/C16H18N2O2/c19-10-4-6-11-5-3-9-14(17-11)18-16(20)15-12-7-1-2-8-13(12)15/h3,5,9,12-13,15,19H,1-2,7-8,10H2,(H,17,18,20). The Bertz CT molecular complexity index is 561. The SMILES string of the molecule is O=C(Nc1cccc(C#CCO)n1)C1C2CCCCC21. The van der Waals surface area contributed by atoms with Crippen LogP contribution in [0.5, 0.6) is 0 Å². The Morgan fingerprint density at radius 2 is 2.10 bits per heavy atom.